The Kier molecular flexibility index (Phi) is 3.74. The summed E-state index contributed by atoms with van der Waals surface area (Å²) in [6, 6.07) is 1.31. The van der Waals surface area contributed by atoms with E-state index in [-0.39, 0.29) is 16.5 Å². The van der Waals surface area contributed by atoms with Crippen LogP contribution >= 0.6 is 11.8 Å². The average Bonchev–Trinajstić information content (AvgIpc) is 2.12. The quantitative estimate of drug-likeness (QED) is 0.658. The van der Waals surface area contributed by atoms with Crippen molar-refractivity contribution in [2.75, 3.05) is 5.75 Å². The lowest BCUT2D eigenvalue weighted by molar-refractivity contribution is -0.145. The Balaban J connectivity index is 2.94. The number of aliphatic carboxylic acids is 1. The Bertz CT molecular complexity index is 409. The molecule has 0 bridgehead atoms. The Morgan fingerprint density at radius 2 is 2.12 bits per heavy atom. The van der Waals surface area contributed by atoms with E-state index in [9.17, 15) is 18.0 Å². The van der Waals surface area contributed by atoms with Crippen LogP contribution in [0.15, 0.2) is 11.1 Å². The molecule has 1 N–H and O–H groups in total. The van der Waals surface area contributed by atoms with Crippen molar-refractivity contribution in [3.05, 3.63) is 17.6 Å². The van der Waals surface area contributed by atoms with Gasteiger partial charge in [0, 0.05) is 5.69 Å². The second-order valence-electron chi connectivity index (χ2n) is 2.85. The number of hydrogen-bond acceptors (Lipinski definition) is 4. The summed E-state index contributed by atoms with van der Waals surface area (Å²) in [6.07, 6.45) is -4.62. The molecule has 0 atom stereocenters. The summed E-state index contributed by atoms with van der Waals surface area (Å²) in [5.41, 5.74) is 0.148. The second-order valence-corrected chi connectivity index (χ2v) is 3.85. The standard InChI is InChI=1S/C8H7F3N2O2S/c1-4-2-5(16-3-6(14)15)13-7(12-4)8(9,10)11/h2H,3H2,1H3,(H,14,15). The molecule has 0 fully saturated rings. The molecule has 0 aliphatic rings. The minimum atomic E-state index is -4.62. The number of hydrogen-bond donors (Lipinski definition) is 1. The van der Waals surface area contributed by atoms with Gasteiger partial charge in [-0.3, -0.25) is 4.79 Å². The maximum absolute atomic E-state index is 12.3. The SMILES string of the molecule is Cc1cc(SCC(=O)O)nc(C(F)(F)F)n1. The Labute approximate surface area is 92.9 Å². The zero-order chi connectivity index (χ0) is 12.3. The molecule has 88 valence electrons. The number of carbonyl (C=O) groups is 1. The predicted molar refractivity (Wildman–Crippen MR) is 50.1 cm³/mol. The van der Waals surface area contributed by atoms with Crippen molar-refractivity contribution in [1.29, 1.82) is 0 Å². The first-order valence-electron chi connectivity index (χ1n) is 4.06. The molecule has 1 heterocycles. The largest absolute Gasteiger partial charge is 0.481 e. The smallest absolute Gasteiger partial charge is 0.451 e. The van der Waals surface area contributed by atoms with Crippen LogP contribution in [0, 0.1) is 6.92 Å². The van der Waals surface area contributed by atoms with Gasteiger partial charge in [0.2, 0.25) is 5.82 Å². The van der Waals surface area contributed by atoms with Crippen molar-refractivity contribution in [3.8, 4) is 0 Å². The van der Waals surface area contributed by atoms with E-state index >= 15 is 0 Å². The van der Waals surface area contributed by atoms with Crippen LogP contribution in [0.1, 0.15) is 11.5 Å². The molecule has 0 saturated carbocycles. The van der Waals surface area contributed by atoms with Crippen LogP contribution in [0.25, 0.3) is 0 Å². The van der Waals surface area contributed by atoms with Gasteiger partial charge in [0.1, 0.15) is 5.03 Å². The molecule has 0 aromatic carbocycles. The zero-order valence-electron chi connectivity index (χ0n) is 8.08. The maximum atomic E-state index is 12.3. The van der Waals surface area contributed by atoms with Gasteiger partial charge in [0.25, 0.3) is 0 Å². The van der Waals surface area contributed by atoms with Crippen LogP contribution in [0.5, 0.6) is 0 Å². The first-order chi connectivity index (χ1) is 7.29. The van der Waals surface area contributed by atoms with Crippen molar-refractivity contribution >= 4 is 17.7 Å². The topological polar surface area (TPSA) is 63.1 Å². The summed E-state index contributed by atoms with van der Waals surface area (Å²) in [7, 11) is 0. The van der Waals surface area contributed by atoms with Crippen LogP contribution in [0.4, 0.5) is 13.2 Å². The summed E-state index contributed by atoms with van der Waals surface area (Å²) in [5.74, 6) is -2.71. The van der Waals surface area contributed by atoms with Crippen LogP contribution in [-0.4, -0.2) is 26.8 Å². The highest BCUT2D eigenvalue weighted by Crippen LogP contribution is 2.28. The van der Waals surface area contributed by atoms with E-state index in [2.05, 4.69) is 9.97 Å². The van der Waals surface area contributed by atoms with E-state index in [1.807, 2.05) is 0 Å². The minimum Gasteiger partial charge on any atom is -0.481 e. The van der Waals surface area contributed by atoms with E-state index in [0.717, 1.165) is 11.8 Å². The zero-order valence-corrected chi connectivity index (χ0v) is 8.89. The van der Waals surface area contributed by atoms with Gasteiger partial charge in [-0.25, -0.2) is 9.97 Å². The molecule has 8 heteroatoms. The summed E-state index contributed by atoms with van der Waals surface area (Å²) >= 11 is 0.722. The van der Waals surface area contributed by atoms with Crippen LogP contribution in [-0.2, 0) is 11.0 Å². The molecular weight excluding hydrogens is 245 g/mol. The normalized spacial score (nSPS) is 11.5. The number of thioether (sulfide) groups is 1. The lowest BCUT2D eigenvalue weighted by Gasteiger charge is -2.07. The third kappa shape index (κ3) is 3.69. The molecule has 1 aromatic heterocycles. The van der Waals surface area contributed by atoms with E-state index < -0.39 is 18.0 Å². The third-order valence-electron chi connectivity index (χ3n) is 1.43. The lowest BCUT2D eigenvalue weighted by Crippen LogP contribution is -2.12. The summed E-state index contributed by atoms with van der Waals surface area (Å²) in [5, 5.41) is 8.39. The predicted octanol–water partition coefficient (Wildman–Crippen LogP) is 1.98. The fourth-order valence-corrected chi connectivity index (χ4v) is 1.55. The average molecular weight is 252 g/mol. The molecule has 0 radical (unpaired) electrons. The molecule has 0 saturated heterocycles. The number of aromatic nitrogens is 2. The molecule has 1 aromatic rings. The molecule has 0 aliphatic heterocycles. The van der Waals surface area contributed by atoms with Gasteiger partial charge in [0.05, 0.1) is 5.75 Å². The fraction of sp³-hybridized carbons (Fsp3) is 0.375. The van der Waals surface area contributed by atoms with Gasteiger partial charge in [-0.15, -0.1) is 0 Å². The van der Waals surface area contributed by atoms with Crippen molar-refractivity contribution in [2.45, 2.75) is 18.1 Å². The van der Waals surface area contributed by atoms with E-state index in [4.69, 9.17) is 5.11 Å². The first-order valence-corrected chi connectivity index (χ1v) is 5.05. The summed E-state index contributed by atoms with van der Waals surface area (Å²) in [4.78, 5) is 16.7. The number of carboxylic acids is 1. The Morgan fingerprint density at radius 3 is 2.62 bits per heavy atom. The molecule has 0 spiro atoms. The summed E-state index contributed by atoms with van der Waals surface area (Å²) in [6.45, 7) is 1.39. The van der Waals surface area contributed by atoms with Crippen molar-refractivity contribution in [1.82, 2.24) is 9.97 Å². The molecule has 0 amide bonds. The van der Waals surface area contributed by atoms with E-state index in [1.54, 1.807) is 0 Å². The number of aryl methyl sites for hydroxylation is 1. The van der Waals surface area contributed by atoms with Crippen LogP contribution in [0.2, 0.25) is 0 Å². The minimum absolute atomic E-state index is 0.00206. The summed E-state index contributed by atoms with van der Waals surface area (Å²) < 4.78 is 36.9. The van der Waals surface area contributed by atoms with Crippen LogP contribution in [0.3, 0.4) is 0 Å². The fourth-order valence-electron chi connectivity index (χ4n) is 0.876. The van der Waals surface area contributed by atoms with Gasteiger partial charge in [-0.2, -0.15) is 13.2 Å². The van der Waals surface area contributed by atoms with Gasteiger partial charge >= 0.3 is 12.1 Å². The first kappa shape index (κ1) is 12.8. The van der Waals surface area contributed by atoms with Crippen LogP contribution < -0.4 is 0 Å². The Hall–Kier alpha value is -1.31. The van der Waals surface area contributed by atoms with Gasteiger partial charge in [0.15, 0.2) is 0 Å². The molecule has 16 heavy (non-hydrogen) atoms. The lowest BCUT2D eigenvalue weighted by atomic mass is 10.4. The molecular formula is C8H7F3N2O2S. The van der Waals surface area contributed by atoms with Crippen molar-refractivity contribution in [2.24, 2.45) is 0 Å². The van der Waals surface area contributed by atoms with Crippen molar-refractivity contribution in [3.63, 3.8) is 0 Å². The number of alkyl halides is 3. The highest BCUT2D eigenvalue weighted by atomic mass is 32.2. The number of halogens is 3. The van der Waals surface area contributed by atoms with Crippen molar-refractivity contribution < 1.29 is 23.1 Å². The number of carboxylic acid groups (broad SMARTS) is 1. The third-order valence-corrected chi connectivity index (χ3v) is 2.32. The maximum Gasteiger partial charge on any atom is 0.451 e. The molecule has 0 aliphatic carbocycles. The van der Waals surface area contributed by atoms with Gasteiger partial charge in [-0.05, 0) is 13.0 Å². The Morgan fingerprint density at radius 1 is 1.50 bits per heavy atom. The molecule has 1 rings (SSSR count). The number of nitrogens with zero attached hydrogens (tertiary/aromatic N) is 2. The monoisotopic (exact) mass is 252 g/mol. The highest BCUT2D eigenvalue weighted by molar-refractivity contribution is 7.99. The van der Waals surface area contributed by atoms with Gasteiger partial charge < -0.3 is 5.11 Å². The second kappa shape index (κ2) is 4.69. The molecule has 4 nitrogen and oxygen atoms in total. The highest BCUT2D eigenvalue weighted by Gasteiger charge is 2.35. The van der Waals surface area contributed by atoms with Gasteiger partial charge in [-0.1, -0.05) is 11.8 Å². The van der Waals surface area contributed by atoms with E-state index in [1.165, 1.54) is 13.0 Å². The number of rotatable bonds is 3. The van der Waals surface area contributed by atoms with E-state index in [0.29, 0.717) is 0 Å². The molecule has 0 unspecified atom stereocenters.